The second kappa shape index (κ2) is 7.86. The molecule has 9 nitrogen and oxygen atoms in total. The van der Waals surface area contributed by atoms with Gasteiger partial charge in [-0.25, -0.2) is 8.42 Å². The maximum atomic E-state index is 10.8. The third kappa shape index (κ3) is 6.97. The molecule has 1 fully saturated rings. The molecular formula is C8H14NNaO8S. The van der Waals surface area contributed by atoms with Crippen LogP contribution < -0.4 is 34.9 Å². The zero-order chi connectivity index (χ0) is 13.9. The van der Waals surface area contributed by atoms with E-state index in [1.165, 1.54) is 6.92 Å². The number of nitrogens with one attached hydrogen (secondary N) is 1. The summed E-state index contributed by atoms with van der Waals surface area (Å²) < 4.78 is 39.6. The predicted octanol–water partition coefficient (Wildman–Crippen LogP) is -5.56. The molecule has 1 amide bonds. The Morgan fingerprint density at radius 1 is 1.53 bits per heavy atom. The molecule has 1 saturated heterocycles. The van der Waals surface area contributed by atoms with Crippen LogP contribution in [0.5, 0.6) is 0 Å². The van der Waals surface area contributed by atoms with Gasteiger partial charge in [0.15, 0.2) is 6.29 Å². The molecule has 0 aromatic carbocycles. The molecule has 106 valence electrons. The van der Waals surface area contributed by atoms with Gasteiger partial charge in [0, 0.05) is 13.3 Å². The van der Waals surface area contributed by atoms with Crippen LogP contribution in [0.4, 0.5) is 0 Å². The van der Waals surface area contributed by atoms with Crippen molar-refractivity contribution in [3.05, 3.63) is 0 Å². The van der Waals surface area contributed by atoms with E-state index in [4.69, 9.17) is 4.74 Å². The number of amides is 1. The number of rotatable bonds is 4. The van der Waals surface area contributed by atoms with Crippen LogP contribution in [0.15, 0.2) is 0 Å². The average Bonchev–Trinajstić information content (AvgIpc) is 2.19. The molecule has 11 heteroatoms. The summed E-state index contributed by atoms with van der Waals surface area (Å²) in [4.78, 5) is 10.8. The van der Waals surface area contributed by atoms with Gasteiger partial charge in [-0.15, -0.1) is 0 Å². The van der Waals surface area contributed by atoms with Crippen molar-refractivity contribution in [2.75, 3.05) is 6.61 Å². The first-order chi connectivity index (χ1) is 8.19. The van der Waals surface area contributed by atoms with Crippen molar-refractivity contribution in [3.8, 4) is 0 Å². The number of aliphatic hydroxyl groups excluding tert-OH is 2. The van der Waals surface area contributed by atoms with E-state index < -0.39 is 47.5 Å². The average molecular weight is 307 g/mol. The van der Waals surface area contributed by atoms with Crippen molar-refractivity contribution >= 4 is 16.3 Å². The van der Waals surface area contributed by atoms with E-state index in [2.05, 4.69) is 9.50 Å². The van der Waals surface area contributed by atoms with Gasteiger partial charge in [-0.1, -0.05) is 0 Å². The summed E-state index contributed by atoms with van der Waals surface area (Å²) in [6.45, 7) is 0.603. The summed E-state index contributed by atoms with van der Waals surface area (Å²) in [6, 6.07) is -1.01. The molecule has 0 aromatic rings. The van der Waals surface area contributed by atoms with Gasteiger partial charge < -0.3 is 24.8 Å². The topological polar surface area (TPSA) is 145 Å². The SMILES string of the molecule is CC(=O)NC1C(O)OC(COS(=O)(=O)[O-])C[C@@H]1O.[Na+]. The summed E-state index contributed by atoms with van der Waals surface area (Å²) in [6.07, 6.45) is -3.69. The van der Waals surface area contributed by atoms with Crippen molar-refractivity contribution in [1.29, 1.82) is 0 Å². The number of hydrogen-bond donors (Lipinski definition) is 3. The van der Waals surface area contributed by atoms with Gasteiger partial charge in [0.2, 0.25) is 16.3 Å². The Bertz CT molecular complexity index is 390. The standard InChI is InChI=1S/C8H15NO8S.Na/c1-4(10)9-7-6(11)2-5(17-8(7)12)3-16-18(13,14)15;/h5-8,11-12H,2-3H2,1H3,(H,9,10)(H,13,14,15);/q;+1/p-1/t5?,6-,7?,8?;/m0./s1. The minimum absolute atomic E-state index is 0. The zero-order valence-corrected chi connectivity index (χ0v) is 13.3. The Morgan fingerprint density at radius 3 is 2.53 bits per heavy atom. The molecular weight excluding hydrogens is 293 g/mol. The van der Waals surface area contributed by atoms with Gasteiger partial charge in [0.05, 0.1) is 18.8 Å². The first-order valence-electron chi connectivity index (χ1n) is 5.08. The van der Waals surface area contributed by atoms with Crippen LogP contribution in [-0.2, 0) is 24.1 Å². The number of aliphatic hydroxyl groups is 2. The molecule has 0 saturated carbocycles. The molecule has 4 atom stereocenters. The normalized spacial score (nSPS) is 31.4. The maximum absolute atomic E-state index is 10.8. The van der Waals surface area contributed by atoms with Crippen LogP contribution in [0.1, 0.15) is 13.3 Å². The minimum atomic E-state index is -4.85. The van der Waals surface area contributed by atoms with E-state index in [-0.39, 0.29) is 36.0 Å². The minimum Gasteiger partial charge on any atom is -0.726 e. The molecule has 0 radical (unpaired) electrons. The van der Waals surface area contributed by atoms with Gasteiger partial charge in [-0.05, 0) is 0 Å². The summed E-state index contributed by atoms with van der Waals surface area (Å²) in [5.41, 5.74) is 0. The number of ether oxygens (including phenoxy) is 1. The van der Waals surface area contributed by atoms with E-state index in [0.717, 1.165) is 0 Å². The first-order valence-corrected chi connectivity index (χ1v) is 6.41. The van der Waals surface area contributed by atoms with E-state index in [9.17, 15) is 28.0 Å². The second-order valence-electron chi connectivity index (χ2n) is 3.87. The molecule has 0 spiro atoms. The van der Waals surface area contributed by atoms with Crippen LogP contribution in [-0.4, -0.2) is 60.2 Å². The van der Waals surface area contributed by atoms with Gasteiger partial charge in [-0.3, -0.25) is 8.98 Å². The maximum Gasteiger partial charge on any atom is 1.00 e. The van der Waals surface area contributed by atoms with Gasteiger partial charge in [-0.2, -0.15) is 0 Å². The fourth-order valence-corrected chi connectivity index (χ4v) is 1.93. The first kappa shape index (κ1) is 19.2. The molecule has 0 aromatic heterocycles. The Labute approximate surface area is 132 Å². The molecule has 3 unspecified atom stereocenters. The molecule has 19 heavy (non-hydrogen) atoms. The van der Waals surface area contributed by atoms with Crippen molar-refractivity contribution in [2.24, 2.45) is 0 Å². The molecule has 1 heterocycles. The third-order valence-electron chi connectivity index (χ3n) is 2.33. The Kier molecular flexibility index (Phi) is 7.95. The fraction of sp³-hybridized carbons (Fsp3) is 0.875. The fourth-order valence-electron chi connectivity index (χ4n) is 1.61. The van der Waals surface area contributed by atoms with Crippen LogP contribution in [0, 0.1) is 0 Å². The van der Waals surface area contributed by atoms with Gasteiger partial charge in [0.1, 0.15) is 6.04 Å². The number of carbonyl (C=O) groups is 1. The molecule has 1 rings (SSSR count). The van der Waals surface area contributed by atoms with Gasteiger partial charge in [0.25, 0.3) is 0 Å². The van der Waals surface area contributed by atoms with Crippen LogP contribution >= 0.6 is 0 Å². The van der Waals surface area contributed by atoms with E-state index >= 15 is 0 Å². The van der Waals surface area contributed by atoms with E-state index in [1.807, 2.05) is 0 Å². The Hall–Kier alpha value is 0.220. The predicted molar refractivity (Wildman–Crippen MR) is 54.8 cm³/mol. The number of hydrogen-bond acceptors (Lipinski definition) is 8. The molecule has 1 aliphatic heterocycles. The summed E-state index contributed by atoms with van der Waals surface area (Å²) in [7, 11) is -4.85. The van der Waals surface area contributed by atoms with Crippen LogP contribution in [0.25, 0.3) is 0 Å². The monoisotopic (exact) mass is 307 g/mol. The summed E-state index contributed by atoms with van der Waals surface area (Å²) >= 11 is 0. The molecule has 0 bridgehead atoms. The zero-order valence-electron chi connectivity index (χ0n) is 10.5. The smallest absolute Gasteiger partial charge is 0.726 e. The van der Waals surface area contributed by atoms with Gasteiger partial charge >= 0.3 is 29.6 Å². The molecule has 1 aliphatic rings. The Morgan fingerprint density at radius 2 is 2.11 bits per heavy atom. The second-order valence-corrected chi connectivity index (χ2v) is 4.92. The van der Waals surface area contributed by atoms with Crippen LogP contribution in [0.2, 0.25) is 0 Å². The number of carbonyl (C=O) groups excluding carboxylic acids is 1. The van der Waals surface area contributed by atoms with E-state index in [1.54, 1.807) is 0 Å². The van der Waals surface area contributed by atoms with Crippen molar-refractivity contribution in [1.82, 2.24) is 5.32 Å². The molecule has 0 aliphatic carbocycles. The van der Waals surface area contributed by atoms with Crippen molar-refractivity contribution < 1.29 is 66.5 Å². The quantitative estimate of drug-likeness (QED) is 0.265. The van der Waals surface area contributed by atoms with Crippen LogP contribution in [0.3, 0.4) is 0 Å². The largest absolute Gasteiger partial charge is 1.00 e. The summed E-state index contributed by atoms with van der Waals surface area (Å²) in [5, 5.41) is 21.4. The molecule has 3 N–H and O–H groups in total. The Balaban J connectivity index is 0.00000324. The summed E-state index contributed by atoms with van der Waals surface area (Å²) in [5.74, 6) is -0.460. The van der Waals surface area contributed by atoms with Crippen molar-refractivity contribution in [2.45, 2.75) is 37.9 Å². The van der Waals surface area contributed by atoms with E-state index in [0.29, 0.717) is 0 Å². The van der Waals surface area contributed by atoms with Crippen molar-refractivity contribution in [3.63, 3.8) is 0 Å². The third-order valence-corrected chi connectivity index (χ3v) is 2.75.